The van der Waals surface area contributed by atoms with Gasteiger partial charge in [0.05, 0.1) is 13.2 Å². The van der Waals surface area contributed by atoms with E-state index in [0.29, 0.717) is 37.0 Å². The van der Waals surface area contributed by atoms with Crippen LogP contribution in [0.5, 0.6) is 0 Å². The second-order valence-corrected chi connectivity index (χ2v) is 5.93. The van der Waals surface area contributed by atoms with Gasteiger partial charge in [-0.1, -0.05) is 11.6 Å². The highest BCUT2D eigenvalue weighted by Crippen LogP contribution is 2.23. The number of nitrogens with zero attached hydrogens (tertiary/aromatic N) is 1. The van der Waals surface area contributed by atoms with Gasteiger partial charge in [-0.15, -0.1) is 0 Å². The zero-order valence-electron chi connectivity index (χ0n) is 12.2. The van der Waals surface area contributed by atoms with Crippen molar-refractivity contribution in [2.45, 2.75) is 13.8 Å². The minimum Gasteiger partial charge on any atom is -0.378 e. The molecule has 0 bridgehead atoms. The summed E-state index contributed by atoms with van der Waals surface area (Å²) in [5.74, 6) is -0.515. The van der Waals surface area contributed by atoms with E-state index in [-0.39, 0.29) is 11.8 Å². The third kappa shape index (κ3) is 3.74. The maximum absolute atomic E-state index is 12.5. The van der Waals surface area contributed by atoms with Crippen molar-refractivity contribution in [3.8, 4) is 0 Å². The van der Waals surface area contributed by atoms with E-state index in [4.69, 9.17) is 16.3 Å². The molecule has 21 heavy (non-hydrogen) atoms. The fourth-order valence-corrected chi connectivity index (χ4v) is 2.21. The van der Waals surface area contributed by atoms with Gasteiger partial charge in [-0.2, -0.15) is 0 Å². The molecule has 5 nitrogen and oxygen atoms in total. The molecule has 1 aliphatic rings. The summed E-state index contributed by atoms with van der Waals surface area (Å²) in [5, 5.41) is 3.35. The number of hydrogen-bond acceptors (Lipinski definition) is 3. The smallest absolute Gasteiger partial charge is 0.239 e. The van der Waals surface area contributed by atoms with Gasteiger partial charge in [-0.25, -0.2) is 0 Å². The van der Waals surface area contributed by atoms with Crippen LogP contribution in [0.4, 0.5) is 5.69 Å². The molecule has 1 N–H and O–H groups in total. The summed E-state index contributed by atoms with van der Waals surface area (Å²) in [6.07, 6.45) is 0. The molecule has 1 saturated heterocycles. The SMILES string of the molecule is CC(C)(C(=O)Nc1ccc(Cl)cc1)C(=O)N1CCOCC1. The van der Waals surface area contributed by atoms with Crippen LogP contribution in [0.3, 0.4) is 0 Å². The Morgan fingerprint density at radius 2 is 1.76 bits per heavy atom. The normalized spacial score (nSPS) is 15.7. The molecule has 0 spiro atoms. The first-order chi connectivity index (χ1) is 9.91. The van der Waals surface area contributed by atoms with Crippen molar-refractivity contribution < 1.29 is 14.3 Å². The van der Waals surface area contributed by atoms with Gasteiger partial charge in [-0.3, -0.25) is 9.59 Å². The molecule has 1 heterocycles. The van der Waals surface area contributed by atoms with Crippen LogP contribution in [0, 0.1) is 5.41 Å². The first kappa shape index (κ1) is 15.8. The van der Waals surface area contributed by atoms with E-state index in [9.17, 15) is 9.59 Å². The highest BCUT2D eigenvalue weighted by atomic mass is 35.5. The van der Waals surface area contributed by atoms with Gasteiger partial charge < -0.3 is 15.0 Å². The molecule has 0 saturated carbocycles. The quantitative estimate of drug-likeness (QED) is 0.870. The van der Waals surface area contributed by atoms with Crippen LogP contribution in [-0.2, 0) is 14.3 Å². The molecular weight excluding hydrogens is 292 g/mol. The number of morpholine rings is 1. The number of rotatable bonds is 3. The van der Waals surface area contributed by atoms with Gasteiger partial charge in [-0.05, 0) is 38.1 Å². The van der Waals surface area contributed by atoms with E-state index < -0.39 is 5.41 Å². The number of benzene rings is 1. The fraction of sp³-hybridized carbons (Fsp3) is 0.467. The third-order valence-electron chi connectivity index (χ3n) is 3.50. The third-order valence-corrected chi connectivity index (χ3v) is 3.75. The van der Waals surface area contributed by atoms with Gasteiger partial charge in [0.25, 0.3) is 0 Å². The molecule has 1 fully saturated rings. The van der Waals surface area contributed by atoms with Crippen LogP contribution < -0.4 is 5.32 Å². The Kier molecular flexibility index (Phi) is 4.85. The topological polar surface area (TPSA) is 58.6 Å². The summed E-state index contributed by atoms with van der Waals surface area (Å²) in [6, 6.07) is 6.78. The van der Waals surface area contributed by atoms with Crippen LogP contribution in [0.15, 0.2) is 24.3 Å². The molecule has 1 aromatic carbocycles. The Hall–Kier alpha value is -1.59. The molecule has 1 aromatic rings. The average Bonchev–Trinajstić information content (AvgIpc) is 2.49. The largest absolute Gasteiger partial charge is 0.378 e. The second kappa shape index (κ2) is 6.45. The number of ether oxygens (including phenoxy) is 1. The van der Waals surface area contributed by atoms with E-state index in [2.05, 4.69) is 5.32 Å². The Labute approximate surface area is 129 Å². The summed E-state index contributed by atoms with van der Waals surface area (Å²) in [7, 11) is 0. The van der Waals surface area contributed by atoms with E-state index in [1.807, 2.05) is 0 Å². The van der Waals surface area contributed by atoms with Crippen LogP contribution in [0.1, 0.15) is 13.8 Å². The van der Waals surface area contributed by atoms with Gasteiger partial charge in [0.2, 0.25) is 11.8 Å². The van der Waals surface area contributed by atoms with Crippen LogP contribution in [0.25, 0.3) is 0 Å². The van der Waals surface area contributed by atoms with E-state index in [1.165, 1.54) is 0 Å². The maximum Gasteiger partial charge on any atom is 0.239 e. The molecule has 1 aliphatic heterocycles. The molecule has 2 rings (SSSR count). The molecular formula is C15H19ClN2O3. The number of halogens is 1. The summed E-state index contributed by atoms with van der Waals surface area (Å²) in [6.45, 7) is 5.35. The number of nitrogens with one attached hydrogen (secondary N) is 1. The van der Waals surface area contributed by atoms with Gasteiger partial charge in [0, 0.05) is 23.8 Å². The Morgan fingerprint density at radius 1 is 1.19 bits per heavy atom. The lowest BCUT2D eigenvalue weighted by molar-refractivity contribution is -0.149. The zero-order valence-corrected chi connectivity index (χ0v) is 12.9. The molecule has 6 heteroatoms. The van der Waals surface area contributed by atoms with Gasteiger partial charge >= 0.3 is 0 Å². The maximum atomic E-state index is 12.5. The first-order valence-corrected chi connectivity index (χ1v) is 7.23. The molecule has 0 aliphatic carbocycles. The van der Waals surface area contributed by atoms with Crippen molar-refractivity contribution in [2.24, 2.45) is 5.41 Å². The van der Waals surface area contributed by atoms with Crippen molar-refractivity contribution in [1.82, 2.24) is 4.90 Å². The predicted octanol–water partition coefficient (Wildman–Crippen LogP) is 2.16. The highest BCUT2D eigenvalue weighted by Gasteiger charge is 2.39. The first-order valence-electron chi connectivity index (χ1n) is 6.85. The summed E-state index contributed by atoms with van der Waals surface area (Å²) >= 11 is 5.80. The second-order valence-electron chi connectivity index (χ2n) is 5.49. The minimum atomic E-state index is -1.13. The Balaban J connectivity index is 2.04. The van der Waals surface area contributed by atoms with Crippen LogP contribution in [0.2, 0.25) is 5.02 Å². The van der Waals surface area contributed by atoms with Crippen molar-refractivity contribution in [3.63, 3.8) is 0 Å². The molecule has 0 atom stereocenters. The lowest BCUT2D eigenvalue weighted by Crippen LogP contribution is -2.51. The molecule has 0 unspecified atom stereocenters. The number of carbonyl (C=O) groups is 2. The Morgan fingerprint density at radius 3 is 2.33 bits per heavy atom. The van der Waals surface area contributed by atoms with Gasteiger partial charge in [0.1, 0.15) is 5.41 Å². The highest BCUT2D eigenvalue weighted by molar-refractivity contribution is 6.30. The lowest BCUT2D eigenvalue weighted by atomic mass is 9.90. The molecule has 114 valence electrons. The zero-order chi connectivity index (χ0) is 15.5. The average molecular weight is 311 g/mol. The van der Waals surface area contributed by atoms with E-state index in [1.54, 1.807) is 43.0 Å². The van der Waals surface area contributed by atoms with Crippen molar-refractivity contribution >= 4 is 29.1 Å². The predicted molar refractivity (Wildman–Crippen MR) is 81.3 cm³/mol. The van der Waals surface area contributed by atoms with Crippen molar-refractivity contribution in [3.05, 3.63) is 29.3 Å². The van der Waals surface area contributed by atoms with Crippen molar-refractivity contribution in [1.29, 1.82) is 0 Å². The molecule has 0 aromatic heterocycles. The molecule has 2 amide bonds. The minimum absolute atomic E-state index is 0.183. The standard InChI is InChI=1S/C15H19ClN2O3/c1-15(2,14(20)18-7-9-21-10-8-18)13(19)17-12-5-3-11(16)4-6-12/h3-6H,7-10H2,1-2H3,(H,17,19). The van der Waals surface area contributed by atoms with Crippen molar-refractivity contribution in [2.75, 3.05) is 31.6 Å². The summed E-state index contributed by atoms with van der Waals surface area (Å²) in [4.78, 5) is 26.5. The number of amides is 2. The molecule has 0 radical (unpaired) electrons. The lowest BCUT2D eigenvalue weighted by Gasteiger charge is -2.33. The van der Waals surface area contributed by atoms with E-state index >= 15 is 0 Å². The Bertz CT molecular complexity index is 522. The van der Waals surface area contributed by atoms with Crippen LogP contribution >= 0.6 is 11.6 Å². The fourth-order valence-electron chi connectivity index (χ4n) is 2.08. The van der Waals surface area contributed by atoms with Crippen LogP contribution in [-0.4, -0.2) is 43.0 Å². The number of hydrogen-bond donors (Lipinski definition) is 1. The summed E-state index contributed by atoms with van der Waals surface area (Å²) in [5.41, 5.74) is -0.510. The van der Waals surface area contributed by atoms with Gasteiger partial charge in [0.15, 0.2) is 0 Å². The number of carbonyl (C=O) groups excluding carboxylic acids is 2. The van der Waals surface area contributed by atoms with E-state index in [0.717, 1.165) is 0 Å². The summed E-state index contributed by atoms with van der Waals surface area (Å²) < 4.78 is 5.22. The number of anilines is 1. The monoisotopic (exact) mass is 310 g/mol.